The summed E-state index contributed by atoms with van der Waals surface area (Å²) >= 11 is 0. The Kier molecular flexibility index (Phi) is 4.01. The topological polar surface area (TPSA) is 42.7 Å². The van der Waals surface area contributed by atoms with Gasteiger partial charge in [0.2, 0.25) is 0 Å². The molecule has 0 unspecified atom stereocenters. The van der Waals surface area contributed by atoms with Gasteiger partial charge >= 0.3 is 0 Å². The number of hydrogen-bond acceptors (Lipinski definition) is 3. The van der Waals surface area contributed by atoms with Crippen molar-refractivity contribution < 1.29 is 0 Å². The average molecular weight is 326 g/mol. The first-order chi connectivity index (χ1) is 12.3. The summed E-state index contributed by atoms with van der Waals surface area (Å²) in [5, 5.41) is 8.20. The third kappa shape index (κ3) is 3.28. The lowest BCUT2D eigenvalue weighted by atomic mass is 10.1. The second-order valence-electron chi connectivity index (χ2n) is 5.87. The van der Waals surface area contributed by atoms with E-state index in [9.17, 15) is 0 Å². The normalized spacial score (nSPS) is 10.6. The molecule has 0 saturated heterocycles. The summed E-state index contributed by atoms with van der Waals surface area (Å²) in [5.74, 6) is 1.65. The first-order valence-corrected chi connectivity index (χ1v) is 8.20. The van der Waals surface area contributed by atoms with Crippen LogP contribution in [0.1, 0.15) is 5.56 Å². The van der Waals surface area contributed by atoms with E-state index in [2.05, 4.69) is 53.6 Å². The molecule has 0 fully saturated rings. The average Bonchev–Trinajstić information content (AvgIpc) is 3.09. The van der Waals surface area contributed by atoms with Crippen LogP contribution in [0.4, 0.5) is 11.5 Å². The quantitative estimate of drug-likeness (QED) is 0.575. The molecule has 4 rings (SSSR count). The minimum atomic E-state index is 0.777. The molecule has 122 valence electrons. The zero-order valence-electron chi connectivity index (χ0n) is 13.9. The molecule has 0 amide bonds. The van der Waals surface area contributed by atoms with E-state index in [0.29, 0.717) is 0 Å². The first-order valence-electron chi connectivity index (χ1n) is 8.20. The number of nitrogens with one attached hydrogen (secondary N) is 1. The molecule has 0 aliphatic heterocycles. The van der Waals surface area contributed by atoms with Gasteiger partial charge in [0.25, 0.3) is 0 Å². The van der Waals surface area contributed by atoms with E-state index < -0.39 is 0 Å². The van der Waals surface area contributed by atoms with Crippen molar-refractivity contribution in [2.45, 2.75) is 6.92 Å². The molecule has 4 heteroatoms. The molecule has 0 bridgehead atoms. The van der Waals surface area contributed by atoms with E-state index in [4.69, 9.17) is 5.10 Å². The first kappa shape index (κ1) is 15.1. The largest absolute Gasteiger partial charge is 0.340 e. The second kappa shape index (κ2) is 6.61. The summed E-state index contributed by atoms with van der Waals surface area (Å²) in [5.41, 5.74) is 4.22. The number of benzene rings is 2. The Morgan fingerprint density at radius 2 is 1.60 bits per heavy atom. The number of pyridine rings is 1. The van der Waals surface area contributed by atoms with Crippen LogP contribution in [0.2, 0.25) is 0 Å². The zero-order valence-corrected chi connectivity index (χ0v) is 13.9. The number of aryl methyl sites for hydroxylation is 1. The molecule has 1 N–H and O–H groups in total. The Hall–Kier alpha value is -3.40. The van der Waals surface area contributed by atoms with E-state index in [1.54, 1.807) is 6.20 Å². The van der Waals surface area contributed by atoms with Crippen LogP contribution in [0, 0.1) is 6.92 Å². The predicted octanol–water partition coefficient (Wildman–Crippen LogP) is 4.99. The molecular formula is C21H18N4. The van der Waals surface area contributed by atoms with Crippen molar-refractivity contribution in [2.75, 3.05) is 5.32 Å². The van der Waals surface area contributed by atoms with Crippen molar-refractivity contribution in [1.29, 1.82) is 0 Å². The van der Waals surface area contributed by atoms with Crippen LogP contribution in [-0.4, -0.2) is 14.8 Å². The van der Waals surface area contributed by atoms with Crippen LogP contribution >= 0.6 is 0 Å². The Bertz CT molecular complexity index is 958. The SMILES string of the molecule is Cc1ccc(Nc2cc(-c3ccccc3)nn2-c2ccccn2)cc1. The molecule has 4 aromatic rings. The van der Waals surface area contributed by atoms with Gasteiger partial charge in [0.15, 0.2) is 5.82 Å². The van der Waals surface area contributed by atoms with Crippen LogP contribution in [0.25, 0.3) is 17.1 Å². The van der Waals surface area contributed by atoms with Gasteiger partial charge in [-0.05, 0) is 31.2 Å². The summed E-state index contributed by atoms with van der Waals surface area (Å²) in [6.07, 6.45) is 1.77. The molecule has 2 aromatic heterocycles. The van der Waals surface area contributed by atoms with Crippen molar-refractivity contribution in [3.8, 4) is 17.1 Å². The summed E-state index contributed by atoms with van der Waals surface area (Å²) in [6.45, 7) is 2.08. The van der Waals surface area contributed by atoms with Crippen molar-refractivity contribution >= 4 is 11.5 Å². The lowest BCUT2D eigenvalue weighted by Gasteiger charge is -2.09. The fourth-order valence-corrected chi connectivity index (χ4v) is 2.66. The highest BCUT2D eigenvalue weighted by atomic mass is 15.4. The van der Waals surface area contributed by atoms with Gasteiger partial charge in [-0.3, -0.25) is 0 Å². The van der Waals surface area contributed by atoms with Crippen LogP contribution in [0.15, 0.2) is 85.1 Å². The number of hydrogen-bond donors (Lipinski definition) is 1. The smallest absolute Gasteiger partial charge is 0.155 e. The standard InChI is InChI=1S/C21H18N4/c1-16-10-12-18(13-11-16)23-21-15-19(17-7-3-2-4-8-17)24-25(21)20-9-5-6-14-22-20/h2-15,23H,1H3. The lowest BCUT2D eigenvalue weighted by molar-refractivity contribution is 0.858. The van der Waals surface area contributed by atoms with Crippen LogP contribution in [0.5, 0.6) is 0 Å². The highest BCUT2D eigenvalue weighted by Gasteiger charge is 2.12. The molecule has 0 radical (unpaired) electrons. The van der Waals surface area contributed by atoms with Gasteiger partial charge < -0.3 is 5.32 Å². The molecule has 0 aliphatic carbocycles. The number of rotatable bonds is 4. The van der Waals surface area contributed by atoms with Crippen molar-refractivity contribution in [1.82, 2.24) is 14.8 Å². The molecule has 4 nitrogen and oxygen atoms in total. The van der Waals surface area contributed by atoms with Gasteiger partial charge in [-0.2, -0.15) is 9.78 Å². The van der Waals surface area contributed by atoms with Crippen LogP contribution in [-0.2, 0) is 0 Å². The molecule has 0 spiro atoms. The lowest BCUT2D eigenvalue weighted by Crippen LogP contribution is -2.04. The van der Waals surface area contributed by atoms with Gasteiger partial charge in [0.05, 0.1) is 5.69 Å². The second-order valence-corrected chi connectivity index (χ2v) is 5.87. The number of anilines is 2. The van der Waals surface area contributed by atoms with Crippen molar-refractivity contribution in [2.24, 2.45) is 0 Å². The van der Waals surface area contributed by atoms with E-state index >= 15 is 0 Å². The predicted molar refractivity (Wildman–Crippen MR) is 101 cm³/mol. The summed E-state index contributed by atoms with van der Waals surface area (Å²) in [7, 11) is 0. The Morgan fingerprint density at radius 1 is 0.840 bits per heavy atom. The molecule has 0 atom stereocenters. The molecule has 0 saturated carbocycles. The maximum Gasteiger partial charge on any atom is 0.155 e. The van der Waals surface area contributed by atoms with Gasteiger partial charge in [0.1, 0.15) is 5.82 Å². The fourth-order valence-electron chi connectivity index (χ4n) is 2.66. The fraction of sp³-hybridized carbons (Fsp3) is 0.0476. The van der Waals surface area contributed by atoms with E-state index in [1.807, 2.05) is 47.1 Å². The van der Waals surface area contributed by atoms with E-state index in [1.165, 1.54) is 5.56 Å². The molecule has 0 aliphatic rings. The van der Waals surface area contributed by atoms with Crippen molar-refractivity contribution in [3.63, 3.8) is 0 Å². The molecular weight excluding hydrogens is 308 g/mol. The monoisotopic (exact) mass is 326 g/mol. The van der Waals surface area contributed by atoms with Crippen molar-refractivity contribution in [3.05, 3.63) is 90.6 Å². The molecule has 25 heavy (non-hydrogen) atoms. The minimum Gasteiger partial charge on any atom is -0.340 e. The highest BCUT2D eigenvalue weighted by Crippen LogP contribution is 2.26. The van der Waals surface area contributed by atoms with Gasteiger partial charge in [-0.25, -0.2) is 4.98 Å². The van der Waals surface area contributed by atoms with E-state index in [0.717, 1.165) is 28.6 Å². The maximum absolute atomic E-state index is 4.76. The van der Waals surface area contributed by atoms with Crippen LogP contribution < -0.4 is 5.32 Å². The summed E-state index contributed by atoms with van der Waals surface area (Å²) < 4.78 is 1.84. The summed E-state index contributed by atoms with van der Waals surface area (Å²) in [4.78, 5) is 4.43. The molecule has 2 aromatic carbocycles. The Labute approximate surface area is 146 Å². The number of nitrogens with zero attached hydrogens (tertiary/aromatic N) is 3. The maximum atomic E-state index is 4.76. The summed E-state index contributed by atoms with van der Waals surface area (Å²) in [6, 6.07) is 26.3. The number of aromatic nitrogens is 3. The Morgan fingerprint density at radius 3 is 2.32 bits per heavy atom. The van der Waals surface area contributed by atoms with E-state index in [-0.39, 0.29) is 0 Å². The van der Waals surface area contributed by atoms with Gasteiger partial charge in [-0.1, -0.05) is 54.1 Å². The third-order valence-electron chi connectivity index (χ3n) is 3.97. The van der Waals surface area contributed by atoms with Crippen LogP contribution in [0.3, 0.4) is 0 Å². The minimum absolute atomic E-state index is 0.777. The van der Waals surface area contributed by atoms with Gasteiger partial charge in [-0.15, -0.1) is 0 Å². The highest BCUT2D eigenvalue weighted by molar-refractivity contribution is 5.67. The zero-order chi connectivity index (χ0) is 17.1. The van der Waals surface area contributed by atoms with Gasteiger partial charge in [0, 0.05) is 23.5 Å². The third-order valence-corrected chi connectivity index (χ3v) is 3.97. The Balaban J connectivity index is 1.78. The molecule has 2 heterocycles.